The molecule has 4 heterocycles. The third kappa shape index (κ3) is 4.55. The van der Waals surface area contributed by atoms with E-state index in [4.69, 9.17) is 20.2 Å². The van der Waals surface area contributed by atoms with Crippen LogP contribution < -0.4 is 24.8 Å². The number of carbonyl (C=O) groups excluding carboxylic acids is 1. The zero-order valence-corrected chi connectivity index (χ0v) is 21.7. The molecule has 1 saturated heterocycles. The minimum absolute atomic E-state index is 0.148. The average Bonchev–Trinajstić information content (AvgIpc) is 3.14. The molecule has 0 bridgehead atoms. The molecule has 1 amide bonds. The Kier molecular flexibility index (Phi) is 6.18. The molecule has 2 aliphatic heterocycles. The number of hydrogen-bond acceptors (Lipinski definition) is 9. The molecule has 3 aromatic rings. The number of hydrogen-bond donors (Lipinski definition) is 2. The maximum absolute atomic E-state index is 13.4. The first-order valence-electron chi connectivity index (χ1n) is 12.0. The minimum Gasteiger partial charge on any atom is -0.486 e. The van der Waals surface area contributed by atoms with Crippen molar-refractivity contribution in [3.05, 3.63) is 54.2 Å². The molecule has 2 aliphatic rings. The van der Waals surface area contributed by atoms with Gasteiger partial charge in [-0.25, -0.2) is 23.1 Å². The molecule has 1 atom stereocenters. The third-order valence-electron chi connectivity index (χ3n) is 7.22. The van der Waals surface area contributed by atoms with Gasteiger partial charge in [0.1, 0.15) is 29.7 Å². The number of anilines is 2. The molecule has 37 heavy (non-hydrogen) atoms. The molecular weight excluding hydrogens is 494 g/mol. The number of aromatic nitrogens is 2. The summed E-state index contributed by atoms with van der Waals surface area (Å²) >= 11 is 0. The van der Waals surface area contributed by atoms with Gasteiger partial charge in [-0.3, -0.25) is 4.79 Å². The normalized spacial score (nSPS) is 18.5. The smallest absolute Gasteiger partial charge is 0.268 e. The summed E-state index contributed by atoms with van der Waals surface area (Å²) in [5.41, 5.74) is 7.01. The summed E-state index contributed by atoms with van der Waals surface area (Å²) in [5.74, 6) is 1.06. The average molecular weight is 524 g/mol. The van der Waals surface area contributed by atoms with Crippen molar-refractivity contribution < 1.29 is 22.7 Å². The SMILES string of the molecule is CC1CCN(c2nc(-c3ccc4c(c3)OCCO4)ccc2C(=O)NS(=O)(=O)c2cccnc2N)C1(C)C. The number of nitrogens with two attached hydrogens (primary N) is 1. The number of carbonyl (C=O) groups is 1. The lowest BCUT2D eigenvalue weighted by Gasteiger charge is -2.36. The van der Waals surface area contributed by atoms with Crippen LogP contribution in [0.15, 0.2) is 53.6 Å². The Morgan fingerprint density at radius 1 is 1.14 bits per heavy atom. The molecule has 5 rings (SSSR count). The second-order valence-electron chi connectivity index (χ2n) is 9.74. The van der Waals surface area contributed by atoms with Crippen LogP contribution in [0.4, 0.5) is 11.6 Å². The molecule has 3 N–H and O–H groups in total. The molecule has 2 aromatic heterocycles. The summed E-state index contributed by atoms with van der Waals surface area (Å²) in [7, 11) is -4.25. The number of nitrogen functional groups attached to an aromatic ring is 1. The van der Waals surface area contributed by atoms with Gasteiger partial charge in [-0.15, -0.1) is 0 Å². The van der Waals surface area contributed by atoms with Crippen LogP contribution in [-0.4, -0.2) is 49.6 Å². The zero-order valence-electron chi connectivity index (χ0n) is 20.9. The summed E-state index contributed by atoms with van der Waals surface area (Å²) in [6.45, 7) is 7.97. The van der Waals surface area contributed by atoms with Gasteiger partial charge < -0.3 is 20.1 Å². The number of nitrogens with one attached hydrogen (secondary N) is 1. The van der Waals surface area contributed by atoms with Crippen LogP contribution in [0.3, 0.4) is 0 Å². The van der Waals surface area contributed by atoms with Gasteiger partial charge >= 0.3 is 0 Å². The van der Waals surface area contributed by atoms with E-state index in [1.807, 2.05) is 18.2 Å². The third-order valence-corrected chi connectivity index (χ3v) is 8.60. The second kappa shape index (κ2) is 9.22. The molecule has 0 saturated carbocycles. The summed E-state index contributed by atoms with van der Waals surface area (Å²) in [6, 6.07) is 11.6. The molecule has 1 unspecified atom stereocenters. The first kappa shape index (κ1) is 24.8. The molecule has 11 heteroatoms. The number of sulfonamides is 1. The van der Waals surface area contributed by atoms with Crippen LogP contribution in [0.1, 0.15) is 37.6 Å². The lowest BCUT2D eigenvalue weighted by molar-refractivity contribution is 0.0981. The lowest BCUT2D eigenvalue weighted by atomic mass is 9.90. The zero-order chi connectivity index (χ0) is 26.4. The first-order valence-corrected chi connectivity index (χ1v) is 13.5. The number of benzene rings is 1. The van der Waals surface area contributed by atoms with Gasteiger partial charge in [-0.1, -0.05) is 6.92 Å². The molecule has 0 radical (unpaired) electrons. The standard InChI is InChI=1S/C26H29N5O5S/c1-16-10-12-31(26(16,2)3)24-18(25(32)30-37(33,34)22-5-4-11-28-23(22)27)7-8-19(29-24)17-6-9-20-21(15-17)36-14-13-35-20/h4-9,11,15-16H,10,12-14H2,1-3H3,(H2,27,28)(H,30,32). The fourth-order valence-electron chi connectivity index (χ4n) is 4.67. The minimum atomic E-state index is -4.25. The van der Waals surface area contributed by atoms with E-state index in [1.54, 1.807) is 12.1 Å². The van der Waals surface area contributed by atoms with E-state index in [-0.39, 0.29) is 21.8 Å². The Bertz CT molecular complexity index is 1470. The van der Waals surface area contributed by atoms with Gasteiger partial charge in [0.15, 0.2) is 11.5 Å². The van der Waals surface area contributed by atoms with Crippen molar-refractivity contribution in [3.8, 4) is 22.8 Å². The number of rotatable bonds is 5. The Hall–Kier alpha value is -3.86. The number of pyridine rings is 2. The van der Waals surface area contributed by atoms with E-state index >= 15 is 0 Å². The fourth-order valence-corrected chi connectivity index (χ4v) is 5.72. The van der Waals surface area contributed by atoms with Crippen molar-refractivity contribution in [2.24, 2.45) is 5.92 Å². The molecular formula is C26H29N5O5S. The van der Waals surface area contributed by atoms with E-state index in [0.29, 0.717) is 48.7 Å². The quantitative estimate of drug-likeness (QED) is 0.516. The van der Waals surface area contributed by atoms with Gasteiger partial charge in [0, 0.05) is 23.8 Å². The van der Waals surface area contributed by atoms with E-state index < -0.39 is 15.9 Å². The highest BCUT2D eigenvalue weighted by Gasteiger charge is 2.41. The van der Waals surface area contributed by atoms with Crippen molar-refractivity contribution in [1.82, 2.24) is 14.7 Å². The highest BCUT2D eigenvalue weighted by molar-refractivity contribution is 7.90. The van der Waals surface area contributed by atoms with E-state index in [9.17, 15) is 13.2 Å². The monoisotopic (exact) mass is 523 g/mol. The van der Waals surface area contributed by atoms with Crippen LogP contribution in [0.5, 0.6) is 11.5 Å². The van der Waals surface area contributed by atoms with Crippen LogP contribution >= 0.6 is 0 Å². The van der Waals surface area contributed by atoms with Crippen molar-refractivity contribution in [2.45, 2.75) is 37.6 Å². The summed E-state index contributed by atoms with van der Waals surface area (Å²) in [6.07, 6.45) is 2.29. The summed E-state index contributed by atoms with van der Waals surface area (Å²) < 4.78 is 39.4. The molecule has 1 aromatic carbocycles. The highest BCUT2D eigenvalue weighted by atomic mass is 32.2. The molecule has 194 valence electrons. The van der Waals surface area contributed by atoms with Gasteiger partial charge in [0.25, 0.3) is 15.9 Å². The Morgan fingerprint density at radius 2 is 1.89 bits per heavy atom. The predicted octanol–water partition coefficient (Wildman–Crippen LogP) is 3.24. The maximum Gasteiger partial charge on any atom is 0.268 e. The van der Waals surface area contributed by atoms with Crippen LogP contribution in [0, 0.1) is 5.92 Å². The fraction of sp³-hybridized carbons (Fsp3) is 0.346. The van der Waals surface area contributed by atoms with Gasteiger partial charge in [0.2, 0.25) is 0 Å². The van der Waals surface area contributed by atoms with Crippen molar-refractivity contribution in [1.29, 1.82) is 0 Å². The predicted molar refractivity (Wildman–Crippen MR) is 139 cm³/mol. The van der Waals surface area contributed by atoms with E-state index in [1.165, 1.54) is 18.3 Å². The van der Waals surface area contributed by atoms with Gasteiger partial charge in [-0.05, 0) is 68.7 Å². The Labute approximate surface area is 215 Å². The van der Waals surface area contributed by atoms with Crippen LogP contribution in [0.2, 0.25) is 0 Å². The number of amides is 1. The number of fused-ring (bicyclic) bond motifs is 1. The molecule has 1 fully saturated rings. The molecule has 10 nitrogen and oxygen atoms in total. The molecule has 0 spiro atoms. The Morgan fingerprint density at radius 3 is 2.59 bits per heavy atom. The summed E-state index contributed by atoms with van der Waals surface area (Å²) in [5, 5.41) is 0. The lowest BCUT2D eigenvalue weighted by Crippen LogP contribution is -2.43. The van der Waals surface area contributed by atoms with Crippen molar-refractivity contribution in [2.75, 3.05) is 30.4 Å². The van der Waals surface area contributed by atoms with Gasteiger partial charge in [0.05, 0.1) is 11.3 Å². The number of nitrogens with zero attached hydrogens (tertiary/aromatic N) is 3. The largest absolute Gasteiger partial charge is 0.486 e. The first-order chi connectivity index (χ1) is 17.6. The van der Waals surface area contributed by atoms with Gasteiger partial charge in [-0.2, -0.15) is 0 Å². The van der Waals surface area contributed by atoms with Crippen LogP contribution in [-0.2, 0) is 10.0 Å². The maximum atomic E-state index is 13.4. The van der Waals surface area contributed by atoms with Crippen molar-refractivity contribution >= 4 is 27.6 Å². The topological polar surface area (TPSA) is 137 Å². The van der Waals surface area contributed by atoms with Crippen LogP contribution in [0.25, 0.3) is 11.3 Å². The highest BCUT2D eigenvalue weighted by Crippen LogP contribution is 2.40. The second-order valence-corrected chi connectivity index (χ2v) is 11.4. The molecule has 0 aliphatic carbocycles. The van der Waals surface area contributed by atoms with Crippen molar-refractivity contribution in [3.63, 3.8) is 0 Å². The summed E-state index contributed by atoms with van der Waals surface area (Å²) in [4.78, 5) is 23.9. The Balaban J connectivity index is 1.56. The van der Waals surface area contributed by atoms with E-state index in [0.717, 1.165) is 12.0 Å². The van der Waals surface area contributed by atoms with E-state index in [2.05, 4.69) is 35.4 Å². The number of ether oxygens (including phenoxy) is 2.